The third-order valence-electron chi connectivity index (χ3n) is 4.73. The molecule has 150 valence electrons. The van der Waals surface area contributed by atoms with Crippen molar-refractivity contribution in [2.75, 3.05) is 20.7 Å². The van der Waals surface area contributed by atoms with E-state index in [1.807, 2.05) is 53.1 Å². The molecule has 0 atom stereocenters. The number of nitrogens with zero attached hydrogens (tertiary/aromatic N) is 1. The topological polar surface area (TPSA) is 80.6 Å². The number of hydrogen-bond donors (Lipinski definition) is 2. The molecule has 2 N–H and O–H groups in total. The lowest BCUT2D eigenvalue weighted by molar-refractivity contribution is -0.136. The van der Waals surface area contributed by atoms with Crippen molar-refractivity contribution < 1.29 is 19.4 Å². The number of carboxylic acids is 1. The van der Waals surface area contributed by atoms with Crippen molar-refractivity contribution in [3.63, 3.8) is 0 Å². The van der Waals surface area contributed by atoms with Crippen molar-refractivity contribution in [2.45, 2.75) is 12.8 Å². The zero-order chi connectivity index (χ0) is 20.8. The van der Waals surface area contributed by atoms with Gasteiger partial charge in [-0.3, -0.25) is 9.59 Å². The van der Waals surface area contributed by atoms with E-state index < -0.39 is 5.97 Å². The Balaban J connectivity index is 2.02. The van der Waals surface area contributed by atoms with Crippen LogP contribution in [0.25, 0.3) is 16.9 Å². The molecule has 0 unspecified atom stereocenters. The van der Waals surface area contributed by atoms with E-state index in [1.165, 1.54) is 0 Å². The summed E-state index contributed by atoms with van der Waals surface area (Å²) >= 11 is 0. The Morgan fingerprint density at radius 2 is 1.69 bits per heavy atom. The third kappa shape index (κ3) is 4.73. The second kappa shape index (κ2) is 9.21. The molecular weight excluding hydrogens is 368 g/mol. The number of ketones is 1. The second-order valence-corrected chi connectivity index (χ2v) is 6.67. The van der Waals surface area contributed by atoms with Gasteiger partial charge in [-0.15, -0.1) is 0 Å². The molecule has 0 spiro atoms. The van der Waals surface area contributed by atoms with Gasteiger partial charge in [-0.25, -0.2) is 0 Å². The molecule has 3 rings (SSSR count). The lowest BCUT2D eigenvalue weighted by Crippen LogP contribution is -2.18. The molecule has 0 aliphatic rings. The monoisotopic (exact) mass is 392 g/mol. The maximum atomic E-state index is 12.1. The third-order valence-corrected chi connectivity index (χ3v) is 4.73. The van der Waals surface area contributed by atoms with Crippen LogP contribution in [0, 0.1) is 0 Å². The highest BCUT2D eigenvalue weighted by Crippen LogP contribution is 2.29. The van der Waals surface area contributed by atoms with Gasteiger partial charge in [-0.2, -0.15) is 0 Å². The van der Waals surface area contributed by atoms with Crippen molar-refractivity contribution in [1.29, 1.82) is 0 Å². The molecule has 0 bridgehead atoms. The Kier molecular flexibility index (Phi) is 6.46. The molecule has 0 aliphatic carbocycles. The Morgan fingerprint density at radius 3 is 2.28 bits per heavy atom. The average molecular weight is 392 g/mol. The summed E-state index contributed by atoms with van der Waals surface area (Å²) in [5, 5.41) is 12.0. The van der Waals surface area contributed by atoms with Gasteiger partial charge >= 0.3 is 5.97 Å². The SMILES string of the molecule is CNCC(=O)c1ccc(-n2c(CCC(=O)O)ccc2-c2ccc(OC)cc2)cc1. The van der Waals surface area contributed by atoms with Gasteiger partial charge in [0.15, 0.2) is 5.78 Å². The van der Waals surface area contributed by atoms with Crippen LogP contribution in [0.5, 0.6) is 5.75 Å². The van der Waals surface area contributed by atoms with Gasteiger partial charge in [0.05, 0.1) is 25.8 Å². The van der Waals surface area contributed by atoms with Crippen LogP contribution in [0.15, 0.2) is 60.7 Å². The molecular formula is C23H24N2O4. The molecule has 29 heavy (non-hydrogen) atoms. The first-order chi connectivity index (χ1) is 14.0. The largest absolute Gasteiger partial charge is 0.497 e. The van der Waals surface area contributed by atoms with Gasteiger partial charge in [0, 0.05) is 16.9 Å². The van der Waals surface area contributed by atoms with Crippen molar-refractivity contribution in [2.24, 2.45) is 0 Å². The number of carboxylic acid groups (broad SMARTS) is 1. The molecule has 1 aromatic heterocycles. The van der Waals surface area contributed by atoms with Gasteiger partial charge in [0.25, 0.3) is 0 Å². The minimum absolute atomic E-state index is 0.0213. The summed E-state index contributed by atoms with van der Waals surface area (Å²) in [5.41, 5.74) is 4.34. The summed E-state index contributed by atoms with van der Waals surface area (Å²) < 4.78 is 7.28. The maximum absolute atomic E-state index is 12.1. The minimum Gasteiger partial charge on any atom is -0.497 e. The molecule has 0 saturated carbocycles. The molecule has 0 saturated heterocycles. The van der Waals surface area contributed by atoms with E-state index in [2.05, 4.69) is 5.32 Å². The van der Waals surface area contributed by atoms with Crippen LogP contribution in [0.4, 0.5) is 0 Å². The number of benzene rings is 2. The highest BCUT2D eigenvalue weighted by Gasteiger charge is 2.14. The van der Waals surface area contributed by atoms with E-state index in [0.29, 0.717) is 12.0 Å². The first kappa shape index (κ1) is 20.4. The van der Waals surface area contributed by atoms with Gasteiger partial charge in [-0.1, -0.05) is 0 Å². The smallest absolute Gasteiger partial charge is 0.303 e. The fourth-order valence-electron chi connectivity index (χ4n) is 3.26. The summed E-state index contributed by atoms with van der Waals surface area (Å²) in [4.78, 5) is 23.2. The van der Waals surface area contributed by atoms with Crippen LogP contribution >= 0.6 is 0 Å². The van der Waals surface area contributed by atoms with Crippen LogP contribution in [-0.2, 0) is 11.2 Å². The van der Waals surface area contributed by atoms with Crippen LogP contribution in [0.2, 0.25) is 0 Å². The fraction of sp³-hybridized carbons (Fsp3) is 0.217. The van der Waals surface area contributed by atoms with E-state index in [1.54, 1.807) is 26.3 Å². The van der Waals surface area contributed by atoms with Crippen LogP contribution < -0.4 is 10.1 Å². The molecule has 1 heterocycles. The number of Topliss-reactive ketones (excluding diaryl/α,β-unsaturated/α-hetero) is 1. The molecule has 0 radical (unpaired) electrons. The number of methoxy groups -OCH3 is 1. The summed E-state index contributed by atoms with van der Waals surface area (Å²) in [6.07, 6.45) is 0.455. The van der Waals surface area contributed by atoms with Gasteiger partial charge in [-0.05, 0) is 79.7 Å². The van der Waals surface area contributed by atoms with E-state index in [0.717, 1.165) is 28.4 Å². The highest BCUT2D eigenvalue weighted by molar-refractivity contribution is 5.97. The summed E-state index contributed by atoms with van der Waals surface area (Å²) in [5.74, 6) is -0.0462. The molecule has 6 heteroatoms. The molecule has 0 aliphatic heterocycles. The number of aromatic nitrogens is 1. The molecule has 2 aromatic carbocycles. The Bertz CT molecular complexity index is 989. The van der Waals surface area contributed by atoms with Crippen LogP contribution in [0.1, 0.15) is 22.5 Å². The van der Waals surface area contributed by atoms with Crippen molar-refractivity contribution in [3.05, 3.63) is 71.9 Å². The number of ether oxygens (including phenoxy) is 1. The molecule has 6 nitrogen and oxygen atoms in total. The van der Waals surface area contributed by atoms with Crippen LogP contribution in [-0.4, -0.2) is 42.1 Å². The first-order valence-electron chi connectivity index (χ1n) is 9.38. The van der Waals surface area contributed by atoms with Crippen LogP contribution in [0.3, 0.4) is 0 Å². The Hall–Kier alpha value is -3.38. The number of rotatable bonds is 9. The first-order valence-corrected chi connectivity index (χ1v) is 9.38. The van der Waals surface area contributed by atoms with Crippen molar-refractivity contribution >= 4 is 11.8 Å². The number of likely N-dealkylation sites (N-methyl/N-ethyl adjacent to an activating group) is 1. The summed E-state index contributed by atoms with van der Waals surface area (Å²) in [6, 6.07) is 19.0. The fourth-order valence-corrected chi connectivity index (χ4v) is 3.26. The standard InChI is InChI=1S/C23H24N2O4/c1-24-15-22(26)17-3-7-18(8-4-17)25-19(10-14-23(27)28)9-13-21(25)16-5-11-20(29-2)12-6-16/h3-9,11-13,24H,10,14-15H2,1-2H3,(H,27,28). The Labute approximate surface area is 169 Å². The van der Waals surface area contributed by atoms with Crippen molar-refractivity contribution in [1.82, 2.24) is 9.88 Å². The number of carbonyl (C=O) groups excluding carboxylic acids is 1. The summed E-state index contributed by atoms with van der Waals surface area (Å²) in [6.45, 7) is 0.282. The van der Waals surface area contributed by atoms with Gasteiger partial charge < -0.3 is 19.7 Å². The quantitative estimate of drug-likeness (QED) is 0.544. The lowest BCUT2D eigenvalue weighted by atomic mass is 10.1. The highest BCUT2D eigenvalue weighted by atomic mass is 16.5. The predicted molar refractivity (Wildman–Crippen MR) is 112 cm³/mol. The number of aryl methyl sites for hydroxylation is 1. The number of hydrogen-bond acceptors (Lipinski definition) is 4. The second-order valence-electron chi connectivity index (χ2n) is 6.67. The summed E-state index contributed by atoms with van der Waals surface area (Å²) in [7, 11) is 3.36. The van der Waals surface area contributed by atoms with E-state index in [4.69, 9.17) is 9.84 Å². The normalized spacial score (nSPS) is 10.7. The van der Waals surface area contributed by atoms with E-state index in [9.17, 15) is 9.59 Å². The van der Waals surface area contributed by atoms with Gasteiger partial charge in [0.2, 0.25) is 0 Å². The minimum atomic E-state index is -0.836. The number of aliphatic carboxylic acids is 1. The number of carbonyl (C=O) groups is 2. The van der Waals surface area contributed by atoms with Gasteiger partial charge in [0.1, 0.15) is 5.75 Å². The zero-order valence-electron chi connectivity index (χ0n) is 16.5. The molecule has 3 aromatic rings. The van der Waals surface area contributed by atoms with E-state index in [-0.39, 0.29) is 18.7 Å². The lowest BCUT2D eigenvalue weighted by Gasteiger charge is -2.15. The predicted octanol–water partition coefficient (Wildman–Crippen LogP) is 3.57. The average Bonchev–Trinajstić information content (AvgIpc) is 3.16. The molecule has 0 fully saturated rings. The zero-order valence-corrected chi connectivity index (χ0v) is 16.5. The molecule has 0 amide bonds. The van der Waals surface area contributed by atoms with Crippen molar-refractivity contribution in [3.8, 4) is 22.7 Å². The Morgan fingerprint density at radius 1 is 1.00 bits per heavy atom. The number of nitrogens with one attached hydrogen (secondary N) is 1. The van der Waals surface area contributed by atoms with E-state index >= 15 is 0 Å². The maximum Gasteiger partial charge on any atom is 0.303 e.